The van der Waals surface area contributed by atoms with Gasteiger partial charge in [0.1, 0.15) is 11.5 Å². The summed E-state index contributed by atoms with van der Waals surface area (Å²) in [6.07, 6.45) is 0. The molecule has 0 atom stereocenters. The van der Waals surface area contributed by atoms with Crippen molar-refractivity contribution in [1.29, 1.82) is 0 Å². The lowest BCUT2D eigenvalue weighted by Crippen LogP contribution is -1.95. The minimum atomic E-state index is 0.219. The SMILES string of the molecule is Oc1cccc(Nc2ccc(-c3ccc(Nc4cccc(O)c4)cc3-c3ccccc3)c(-c3ccccc3)c2)c1. The fraction of sp³-hybridized carbons (Fsp3) is 0. The third-order valence-corrected chi connectivity index (χ3v) is 6.77. The van der Waals surface area contributed by atoms with Crippen LogP contribution in [0.25, 0.3) is 33.4 Å². The molecule has 40 heavy (non-hydrogen) atoms. The lowest BCUT2D eigenvalue weighted by atomic mass is 9.88. The van der Waals surface area contributed by atoms with E-state index < -0.39 is 0 Å². The fourth-order valence-electron chi connectivity index (χ4n) is 4.93. The van der Waals surface area contributed by atoms with Crippen molar-refractivity contribution in [1.82, 2.24) is 0 Å². The van der Waals surface area contributed by atoms with E-state index in [1.54, 1.807) is 24.3 Å². The molecule has 4 N–H and O–H groups in total. The summed E-state index contributed by atoms with van der Waals surface area (Å²) in [5, 5.41) is 26.7. The topological polar surface area (TPSA) is 64.5 Å². The number of benzene rings is 6. The Bertz CT molecular complexity index is 1630. The minimum absolute atomic E-state index is 0.219. The summed E-state index contributed by atoms with van der Waals surface area (Å²) in [7, 11) is 0. The van der Waals surface area contributed by atoms with Crippen molar-refractivity contribution >= 4 is 22.7 Å². The summed E-state index contributed by atoms with van der Waals surface area (Å²) in [6, 6.07) is 47.7. The molecule has 0 aromatic heterocycles. The van der Waals surface area contributed by atoms with Crippen LogP contribution in [0, 0.1) is 0 Å². The Labute approximate surface area is 233 Å². The quantitative estimate of drug-likeness (QED) is 0.169. The Morgan fingerprint density at radius 3 is 1.12 bits per heavy atom. The van der Waals surface area contributed by atoms with Crippen molar-refractivity contribution in [2.75, 3.05) is 10.6 Å². The smallest absolute Gasteiger partial charge is 0.117 e. The normalized spacial score (nSPS) is 10.7. The molecule has 0 bridgehead atoms. The van der Waals surface area contributed by atoms with Crippen molar-refractivity contribution in [2.24, 2.45) is 0 Å². The predicted molar refractivity (Wildman–Crippen MR) is 166 cm³/mol. The minimum Gasteiger partial charge on any atom is -0.508 e. The van der Waals surface area contributed by atoms with Gasteiger partial charge >= 0.3 is 0 Å². The molecular weight excluding hydrogens is 492 g/mol. The Kier molecular flexibility index (Phi) is 6.89. The lowest BCUT2D eigenvalue weighted by molar-refractivity contribution is 0.475. The van der Waals surface area contributed by atoms with Crippen LogP contribution in [0.5, 0.6) is 11.5 Å². The van der Waals surface area contributed by atoms with E-state index in [1.165, 1.54) is 0 Å². The predicted octanol–water partition coefficient (Wildman–Crippen LogP) is 9.59. The number of nitrogens with one attached hydrogen (secondary N) is 2. The first kappa shape index (κ1) is 24.8. The number of aromatic hydroxyl groups is 2. The first-order chi connectivity index (χ1) is 19.6. The Morgan fingerprint density at radius 2 is 0.725 bits per heavy atom. The van der Waals surface area contributed by atoms with Gasteiger partial charge in [-0.2, -0.15) is 0 Å². The van der Waals surface area contributed by atoms with Gasteiger partial charge in [0.05, 0.1) is 0 Å². The Morgan fingerprint density at radius 1 is 0.325 bits per heavy atom. The van der Waals surface area contributed by atoms with Gasteiger partial charge in [0, 0.05) is 34.9 Å². The molecule has 6 aromatic rings. The molecule has 0 unspecified atom stereocenters. The van der Waals surface area contributed by atoms with Gasteiger partial charge < -0.3 is 20.8 Å². The molecule has 0 aliphatic carbocycles. The van der Waals surface area contributed by atoms with Crippen molar-refractivity contribution in [3.63, 3.8) is 0 Å². The molecule has 0 saturated heterocycles. The van der Waals surface area contributed by atoms with Crippen molar-refractivity contribution in [3.8, 4) is 44.9 Å². The van der Waals surface area contributed by atoms with E-state index in [0.29, 0.717) is 0 Å². The number of hydrogen-bond donors (Lipinski definition) is 4. The Balaban J connectivity index is 1.48. The summed E-state index contributed by atoms with van der Waals surface area (Å²) in [4.78, 5) is 0. The fourth-order valence-corrected chi connectivity index (χ4v) is 4.93. The average molecular weight is 521 g/mol. The van der Waals surface area contributed by atoms with Gasteiger partial charge in [-0.3, -0.25) is 0 Å². The molecule has 194 valence electrons. The number of hydrogen-bond acceptors (Lipinski definition) is 4. The summed E-state index contributed by atoms with van der Waals surface area (Å²) >= 11 is 0. The third kappa shape index (κ3) is 5.52. The largest absolute Gasteiger partial charge is 0.508 e. The van der Waals surface area contributed by atoms with Crippen molar-refractivity contribution < 1.29 is 10.2 Å². The summed E-state index contributed by atoms with van der Waals surface area (Å²) in [6.45, 7) is 0. The van der Waals surface area contributed by atoms with Gasteiger partial charge in [0.2, 0.25) is 0 Å². The van der Waals surface area contributed by atoms with Crippen molar-refractivity contribution in [2.45, 2.75) is 0 Å². The molecule has 0 aliphatic heterocycles. The first-order valence-corrected chi connectivity index (χ1v) is 13.1. The van der Waals surface area contributed by atoms with Gasteiger partial charge in [-0.15, -0.1) is 0 Å². The monoisotopic (exact) mass is 520 g/mol. The standard InChI is InChI=1S/C36H28N2O2/c39-31-15-7-13-27(21-31)37-29-17-19-33(35(23-29)25-9-3-1-4-10-25)34-20-18-30(38-28-14-8-16-32(40)22-28)24-36(34)26-11-5-2-6-12-26/h1-24,37-40H. The molecule has 6 rings (SSSR count). The highest BCUT2D eigenvalue weighted by atomic mass is 16.3. The molecule has 0 saturated carbocycles. The van der Waals surface area contributed by atoms with Crippen LogP contribution in [0.4, 0.5) is 22.7 Å². The number of phenols is 2. The highest BCUT2D eigenvalue weighted by Gasteiger charge is 2.15. The third-order valence-electron chi connectivity index (χ3n) is 6.77. The van der Waals surface area contributed by atoms with Crippen LogP contribution in [0.1, 0.15) is 0 Å². The first-order valence-electron chi connectivity index (χ1n) is 13.1. The Hall–Kier alpha value is -5.48. The van der Waals surface area contributed by atoms with E-state index in [9.17, 15) is 10.2 Å². The summed E-state index contributed by atoms with van der Waals surface area (Å²) < 4.78 is 0. The molecule has 0 amide bonds. The summed E-state index contributed by atoms with van der Waals surface area (Å²) in [5.74, 6) is 0.439. The second-order valence-corrected chi connectivity index (χ2v) is 9.60. The number of phenolic OH excluding ortho intramolecular Hbond substituents is 2. The van der Waals surface area contributed by atoms with Gasteiger partial charge in [0.15, 0.2) is 0 Å². The summed E-state index contributed by atoms with van der Waals surface area (Å²) in [5.41, 5.74) is 10.1. The van der Waals surface area contributed by atoms with Gasteiger partial charge in [-0.05, 0) is 81.9 Å². The zero-order valence-corrected chi connectivity index (χ0v) is 21.8. The molecule has 0 heterocycles. The van der Waals surface area contributed by atoms with Crippen LogP contribution >= 0.6 is 0 Å². The molecule has 0 aliphatic rings. The molecule has 4 heteroatoms. The maximum absolute atomic E-state index is 9.93. The van der Waals surface area contributed by atoms with Crippen molar-refractivity contribution in [3.05, 3.63) is 146 Å². The number of anilines is 4. The molecule has 0 radical (unpaired) electrons. The maximum atomic E-state index is 9.93. The van der Waals surface area contributed by atoms with Crippen LogP contribution in [0.15, 0.2) is 146 Å². The van der Waals surface area contributed by atoms with Crippen LogP contribution in [0.2, 0.25) is 0 Å². The van der Waals surface area contributed by atoms with Gasteiger partial charge in [-0.25, -0.2) is 0 Å². The van der Waals surface area contributed by atoms with Gasteiger partial charge in [0.25, 0.3) is 0 Å². The molecule has 0 fully saturated rings. The van der Waals surface area contributed by atoms with E-state index in [1.807, 2.05) is 36.4 Å². The molecule has 4 nitrogen and oxygen atoms in total. The van der Waals surface area contributed by atoms with E-state index >= 15 is 0 Å². The van der Waals surface area contributed by atoms with E-state index in [0.717, 1.165) is 56.1 Å². The van der Waals surface area contributed by atoms with E-state index in [-0.39, 0.29) is 11.5 Å². The van der Waals surface area contributed by atoms with Gasteiger partial charge in [-0.1, -0.05) is 84.9 Å². The molecular formula is C36H28N2O2. The highest BCUT2D eigenvalue weighted by molar-refractivity contribution is 5.94. The van der Waals surface area contributed by atoms with Crippen LogP contribution in [-0.2, 0) is 0 Å². The van der Waals surface area contributed by atoms with E-state index in [4.69, 9.17) is 0 Å². The molecule has 6 aromatic carbocycles. The van der Waals surface area contributed by atoms with Crippen LogP contribution in [-0.4, -0.2) is 10.2 Å². The van der Waals surface area contributed by atoms with E-state index in [2.05, 4.69) is 95.6 Å². The maximum Gasteiger partial charge on any atom is 0.117 e. The highest BCUT2D eigenvalue weighted by Crippen LogP contribution is 2.41. The second-order valence-electron chi connectivity index (χ2n) is 9.60. The number of rotatable bonds is 7. The average Bonchev–Trinajstić information content (AvgIpc) is 2.98. The zero-order chi connectivity index (χ0) is 27.3. The van der Waals surface area contributed by atoms with Crippen LogP contribution in [0.3, 0.4) is 0 Å². The lowest BCUT2D eigenvalue weighted by Gasteiger charge is -2.18. The zero-order valence-electron chi connectivity index (χ0n) is 21.8. The second kappa shape index (κ2) is 11.1. The molecule has 0 spiro atoms. The van der Waals surface area contributed by atoms with Crippen LogP contribution < -0.4 is 10.6 Å².